The minimum Gasteiger partial charge on any atom is -0.387 e. The molecule has 2 aliphatic rings. The molecular formula is C8H14BIO4. The minimum atomic E-state index is -0.555. The van der Waals surface area contributed by atoms with Crippen LogP contribution in [-0.2, 0) is 14.2 Å². The Labute approximate surface area is 97.8 Å². The average molecular weight is 312 g/mol. The van der Waals surface area contributed by atoms with Crippen molar-refractivity contribution in [1.82, 2.24) is 0 Å². The van der Waals surface area contributed by atoms with E-state index in [1.165, 1.54) is 0 Å². The summed E-state index contributed by atoms with van der Waals surface area (Å²) in [5, 5.41) is 10.0. The van der Waals surface area contributed by atoms with Crippen LogP contribution in [0.25, 0.3) is 0 Å². The highest BCUT2D eigenvalue weighted by atomic mass is 127. The van der Waals surface area contributed by atoms with E-state index in [0.717, 1.165) is 4.43 Å². The van der Waals surface area contributed by atoms with Crippen molar-refractivity contribution < 1.29 is 19.3 Å². The number of fused-ring (bicyclic) bond motifs is 2. The van der Waals surface area contributed by atoms with Crippen molar-refractivity contribution in [3.8, 4) is 0 Å². The molecule has 4 nitrogen and oxygen atoms in total. The second-order valence-electron chi connectivity index (χ2n) is 3.90. The zero-order chi connectivity index (χ0) is 10.3. The number of aliphatic hydroxyl groups excluding tert-OH is 1. The lowest BCUT2D eigenvalue weighted by Gasteiger charge is -2.35. The highest BCUT2D eigenvalue weighted by molar-refractivity contribution is 14.1. The zero-order valence-corrected chi connectivity index (χ0v) is 10.4. The number of alkyl halides is 1. The van der Waals surface area contributed by atoms with Gasteiger partial charge in [0.2, 0.25) is 0 Å². The maximum atomic E-state index is 10.0. The molecule has 0 aromatic rings. The Hall–Kier alpha value is 0.635. The standard InChI is InChI=1S/C8H14BIO4/c1-12-2-4-8(3-10)6(11)5(13-4)7(9)14-8/h4-7,11H,2-3,9H2,1H3/t4?,5?,6?,7-,8+/m1/s1. The summed E-state index contributed by atoms with van der Waals surface area (Å²) in [5.41, 5.74) is -0.555. The van der Waals surface area contributed by atoms with Crippen LogP contribution in [0.5, 0.6) is 0 Å². The van der Waals surface area contributed by atoms with Crippen LogP contribution in [-0.4, -0.2) is 61.0 Å². The fraction of sp³-hybridized carbons (Fsp3) is 1.00. The van der Waals surface area contributed by atoms with E-state index in [4.69, 9.17) is 14.2 Å². The first-order valence-electron chi connectivity index (χ1n) is 4.72. The molecule has 2 fully saturated rings. The van der Waals surface area contributed by atoms with Gasteiger partial charge < -0.3 is 19.3 Å². The first-order valence-corrected chi connectivity index (χ1v) is 6.24. The number of rotatable bonds is 3. The van der Waals surface area contributed by atoms with Crippen molar-refractivity contribution in [2.45, 2.75) is 29.9 Å². The Balaban J connectivity index is 2.20. The molecule has 0 radical (unpaired) electrons. The second kappa shape index (κ2) is 3.90. The molecule has 6 heteroatoms. The van der Waals surface area contributed by atoms with E-state index < -0.39 is 11.7 Å². The predicted octanol–water partition coefficient (Wildman–Crippen LogP) is -1.08. The molecule has 5 atom stereocenters. The summed E-state index contributed by atoms with van der Waals surface area (Å²) in [5.74, 6) is 0. The monoisotopic (exact) mass is 312 g/mol. The summed E-state index contributed by atoms with van der Waals surface area (Å²) in [7, 11) is 3.57. The van der Waals surface area contributed by atoms with Gasteiger partial charge in [-0.05, 0) is 0 Å². The van der Waals surface area contributed by atoms with E-state index in [9.17, 15) is 5.11 Å². The molecule has 0 aromatic carbocycles. The molecule has 2 aliphatic heterocycles. The van der Waals surface area contributed by atoms with Crippen LogP contribution in [0.4, 0.5) is 0 Å². The molecule has 3 unspecified atom stereocenters. The van der Waals surface area contributed by atoms with Crippen molar-refractivity contribution in [3.63, 3.8) is 0 Å². The van der Waals surface area contributed by atoms with Gasteiger partial charge in [-0.3, -0.25) is 0 Å². The Kier molecular flexibility index (Phi) is 3.10. The maximum Gasteiger partial charge on any atom is 0.142 e. The van der Waals surface area contributed by atoms with Crippen LogP contribution in [0, 0.1) is 0 Å². The van der Waals surface area contributed by atoms with Crippen LogP contribution < -0.4 is 0 Å². The fourth-order valence-electron chi connectivity index (χ4n) is 2.30. The minimum absolute atomic E-state index is 0.0205. The molecule has 2 saturated heterocycles. The summed E-state index contributed by atoms with van der Waals surface area (Å²) >= 11 is 2.23. The Morgan fingerprint density at radius 1 is 1.64 bits per heavy atom. The zero-order valence-electron chi connectivity index (χ0n) is 8.27. The molecule has 2 rings (SSSR count). The lowest BCUT2D eigenvalue weighted by Crippen LogP contribution is -2.51. The normalized spacial score (nSPS) is 51.4. The quantitative estimate of drug-likeness (QED) is 0.409. The molecule has 14 heavy (non-hydrogen) atoms. The molecule has 0 aromatic heterocycles. The summed E-state index contributed by atoms with van der Waals surface area (Å²) in [6.45, 7) is 0.475. The number of methoxy groups -OCH3 is 1. The van der Waals surface area contributed by atoms with Gasteiger partial charge in [-0.2, -0.15) is 0 Å². The SMILES string of the molecule is B[C@@H]1O[C@@]2(CI)C(COC)OC1C2O. The van der Waals surface area contributed by atoms with E-state index >= 15 is 0 Å². The molecule has 2 bridgehead atoms. The van der Waals surface area contributed by atoms with Crippen LogP contribution in [0.3, 0.4) is 0 Å². The third kappa shape index (κ3) is 1.35. The number of hydrogen-bond donors (Lipinski definition) is 1. The Morgan fingerprint density at radius 2 is 2.36 bits per heavy atom. The van der Waals surface area contributed by atoms with Crippen molar-refractivity contribution in [2.24, 2.45) is 0 Å². The van der Waals surface area contributed by atoms with E-state index in [0.29, 0.717) is 6.61 Å². The van der Waals surface area contributed by atoms with Gasteiger partial charge in [0.15, 0.2) is 0 Å². The highest BCUT2D eigenvalue weighted by Crippen LogP contribution is 2.44. The molecule has 80 valence electrons. The average Bonchev–Trinajstić information content (AvgIpc) is 2.56. The van der Waals surface area contributed by atoms with Gasteiger partial charge in [-0.1, -0.05) is 22.6 Å². The van der Waals surface area contributed by atoms with Gasteiger partial charge in [0.25, 0.3) is 0 Å². The van der Waals surface area contributed by atoms with Gasteiger partial charge in [0.05, 0.1) is 12.6 Å². The van der Waals surface area contributed by atoms with E-state index in [1.807, 2.05) is 7.85 Å². The van der Waals surface area contributed by atoms with E-state index in [-0.39, 0.29) is 18.2 Å². The largest absolute Gasteiger partial charge is 0.387 e. The highest BCUT2D eigenvalue weighted by Gasteiger charge is 2.64. The topological polar surface area (TPSA) is 47.9 Å². The smallest absolute Gasteiger partial charge is 0.142 e. The first kappa shape index (κ1) is 11.1. The molecule has 1 N–H and O–H groups in total. The molecular weight excluding hydrogens is 298 g/mol. The molecule has 0 spiro atoms. The van der Waals surface area contributed by atoms with Gasteiger partial charge in [0, 0.05) is 11.5 Å². The Bertz CT molecular complexity index is 229. The lowest BCUT2D eigenvalue weighted by molar-refractivity contribution is -0.167. The summed E-state index contributed by atoms with van der Waals surface area (Å²) in [6, 6.07) is -0.0205. The molecule has 2 heterocycles. The van der Waals surface area contributed by atoms with E-state index in [2.05, 4.69) is 22.6 Å². The first-order chi connectivity index (χ1) is 6.65. The number of hydrogen-bond acceptors (Lipinski definition) is 4. The van der Waals surface area contributed by atoms with Crippen molar-refractivity contribution in [2.75, 3.05) is 18.1 Å². The fourth-order valence-corrected chi connectivity index (χ4v) is 3.42. The molecule has 0 saturated carbocycles. The van der Waals surface area contributed by atoms with Crippen molar-refractivity contribution in [3.05, 3.63) is 0 Å². The predicted molar refractivity (Wildman–Crippen MR) is 61.6 cm³/mol. The van der Waals surface area contributed by atoms with Gasteiger partial charge >= 0.3 is 0 Å². The third-order valence-electron chi connectivity index (χ3n) is 3.07. The van der Waals surface area contributed by atoms with Crippen LogP contribution in [0.15, 0.2) is 0 Å². The van der Waals surface area contributed by atoms with Crippen LogP contribution in [0.1, 0.15) is 0 Å². The Morgan fingerprint density at radius 3 is 2.86 bits per heavy atom. The summed E-state index contributed by atoms with van der Waals surface area (Å²) in [6.07, 6.45) is -0.847. The van der Waals surface area contributed by atoms with Crippen LogP contribution >= 0.6 is 22.6 Å². The van der Waals surface area contributed by atoms with Crippen molar-refractivity contribution >= 4 is 30.4 Å². The molecule has 0 aliphatic carbocycles. The second-order valence-corrected chi connectivity index (χ2v) is 4.66. The number of halogens is 1. The lowest BCUT2D eigenvalue weighted by atomic mass is 9.91. The summed E-state index contributed by atoms with van der Waals surface area (Å²) < 4.78 is 17.3. The maximum absolute atomic E-state index is 10.0. The molecule has 0 amide bonds. The number of ether oxygens (including phenoxy) is 3. The van der Waals surface area contributed by atoms with Gasteiger partial charge in [0.1, 0.15) is 31.8 Å². The number of aliphatic hydroxyl groups is 1. The van der Waals surface area contributed by atoms with E-state index in [1.54, 1.807) is 7.11 Å². The van der Waals surface area contributed by atoms with Gasteiger partial charge in [-0.15, -0.1) is 0 Å². The van der Waals surface area contributed by atoms with Gasteiger partial charge in [-0.25, -0.2) is 0 Å². The third-order valence-corrected chi connectivity index (χ3v) is 4.27. The van der Waals surface area contributed by atoms with Crippen LogP contribution in [0.2, 0.25) is 0 Å². The summed E-state index contributed by atoms with van der Waals surface area (Å²) in [4.78, 5) is 0. The van der Waals surface area contributed by atoms with Crippen molar-refractivity contribution in [1.29, 1.82) is 0 Å².